The predicted octanol–water partition coefficient (Wildman–Crippen LogP) is 4.13. The van der Waals surface area contributed by atoms with Gasteiger partial charge in [-0.1, -0.05) is 0 Å². The summed E-state index contributed by atoms with van der Waals surface area (Å²) in [6, 6.07) is 9.85. The second kappa shape index (κ2) is 5.98. The third-order valence-electron chi connectivity index (χ3n) is 5.55. The zero-order valence-electron chi connectivity index (χ0n) is 15.4. The molecule has 0 radical (unpaired) electrons. The van der Waals surface area contributed by atoms with Crippen LogP contribution >= 0.6 is 0 Å². The number of aryl methyl sites for hydroxylation is 2. The molecule has 1 N–H and O–H groups in total. The van der Waals surface area contributed by atoms with E-state index in [1.807, 2.05) is 30.3 Å². The maximum Gasteiger partial charge on any atom is 0.231 e. The average Bonchev–Trinajstić information content (AvgIpc) is 3.24. The Morgan fingerprint density at radius 2 is 1.96 bits per heavy atom. The topological polar surface area (TPSA) is 63.7 Å². The van der Waals surface area contributed by atoms with Crippen LogP contribution in [0.4, 0.5) is 0 Å². The van der Waals surface area contributed by atoms with Crippen LogP contribution in [0.1, 0.15) is 39.2 Å². The third-order valence-corrected chi connectivity index (χ3v) is 5.55. The number of carbonyl (C=O) groups is 1. The molecule has 3 heterocycles. The molecule has 1 aromatic heterocycles. The van der Waals surface area contributed by atoms with E-state index in [0.29, 0.717) is 13.0 Å². The first-order chi connectivity index (χ1) is 13.1. The molecular formula is C22H20N2O3. The Kier molecular flexibility index (Phi) is 3.57. The van der Waals surface area contributed by atoms with Crippen molar-refractivity contribution >= 4 is 22.4 Å². The van der Waals surface area contributed by atoms with Crippen molar-refractivity contribution < 1.29 is 14.3 Å². The lowest BCUT2D eigenvalue weighted by atomic mass is 9.92. The van der Waals surface area contributed by atoms with Gasteiger partial charge >= 0.3 is 0 Å². The van der Waals surface area contributed by atoms with Crippen molar-refractivity contribution in [3.05, 3.63) is 58.3 Å². The first-order valence-electron chi connectivity index (χ1n) is 9.18. The van der Waals surface area contributed by atoms with Crippen molar-refractivity contribution in [2.24, 2.45) is 4.99 Å². The van der Waals surface area contributed by atoms with Gasteiger partial charge in [-0.3, -0.25) is 9.79 Å². The predicted molar refractivity (Wildman–Crippen MR) is 104 cm³/mol. The average molecular weight is 360 g/mol. The summed E-state index contributed by atoms with van der Waals surface area (Å²) in [4.78, 5) is 21.0. The maximum absolute atomic E-state index is 13.0. The Bertz CT molecular complexity index is 1120. The van der Waals surface area contributed by atoms with Gasteiger partial charge in [0.1, 0.15) is 0 Å². The number of carbonyl (C=O) groups excluding carboxylic acids is 1. The third kappa shape index (κ3) is 2.62. The molecule has 0 saturated carbocycles. The molecule has 0 fully saturated rings. The normalized spacial score (nSPS) is 15.0. The highest BCUT2D eigenvalue weighted by Crippen LogP contribution is 2.36. The number of nitrogens with one attached hydrogen (secondary N) is 1. The number of hydrogen-bond donors (Lipinski definition) is 1. The van der Waals surface area contributed by atoms with E-state index in [1.54, 1.807) is 0 Å². The molecule has 0 amide bonds. The summed E-state index contributed by atoms with van der Waals surface area (Å²) in [5.74, 6) is 1.60. The van der Waals surface area contributed by atoms with E-state index in [4.69, 9.17) is 9.47 Å². The number of ketones is 1. The van der Waals surface area contributed by atoms with Gasteiger partial charge in [-0.25, -0.2) is 0 Å². The summed E-state index contributed by atoms with van der Waals surface area (Å²) < 4.78 is 11.0. The highest BCUT2D eigenvalue weighted by Gasteiger charge is 2.23. The Morgan fingerprint density at radius 3 is 2.81 bits per heavy atom. The van der Waals surface area contributed by atoms with Crippen LogP contribution in [0.5, 0.6) is 11.5 Å². The molecule has 2 aliphatic rings. The van der Waals surface area contributed by atoms with Gasteiger partial charge in [0, 0.05) is 34.3 Å². The highest BCUT2D eigenvalue weighted by molar-refractivity contribution is 6.17. The van der Waals surface area contributed by atoms with Gasteiger partial charge < -0.3 is 14.5 Å². The Morgan fingerprint density at radius 1 is 1.15 bits per heavy atom. The lowest BCUT2D eigenvalue weighted by molar-refractivity contribution is 0.100. The van der Waals surface area contributed by atoms with E-state index in [1.165, 1.54) is 11.1 Å². The summed E-state index contributed by atoms with van der Waals surface area (Å²) in [6.07, 6.45) is 1.15. The van der Waals surface area contributed by atoms with Crippen molar-refractivity contribution in [1.82, 2.24) is 4.98 Å². The largest absolute Gasteiger partial charge is 0.454 e. The number of aliphatic imine (C=N–C) groups is 1. The van der Waals surface area contributed by atoms with E-state index in [-0.39, 0.29) is 12.6 Å². The lowest BCUT2D eigenvalue weighted by Gasteiger charge is -2.17. The number of benzene rings is 2. The summed E-state index contributed by atoms with van der Waals surface area (Å²) in [6.45, 7) is 5.07. The SMILES string of the molecule is Cc1[nH]c2ccc(C(=O)CC3=NCCc4cc5c(cc43)OCO5)cc2c1C. The minimum Gasteiger partial charge on any atom is -0.454 e. The van der Waals surface area contributed by atoms with E-state index in [0.717, 1.165) is 51.4 Å². The zero-order valence-corrected chi connectivity index (χ0v) is 15.4. The second-order valence-electron chi connectivity index (χ2n) is 7.18. The number of fused-ring (bicyclic) bond motifs is 3. The monoisotopic (exact) mass is 360 g/mol. The van der Waals surface area contributed by atoms with Crippen LogP contribution in [0.15, 0.2) is 35.3 Å². The molecule has 136 valence electrons. The van der Waals surface area contributed by atoms with Crippen molar-refractivity contribution in [3.63, 3.8) is 0 Å². The van der Waals surface area contributed by atoms with Gasteiger partial charge in [-0.2, -0.15) is 0 Å². The Balaban J connectivity index is 1.47. The van der Waals surface area contributed by atoms with Gasteiger partial charge in [0.15, 0.2) is 17.3 Å². The van der Waals surface area contributed by atoms with Crippen LogP contribution in [-0.4, -0.2) is 29.8 Å². The van der Waals surface area contributed by atoms with Crippen LogP contribution in [0.2, 0.25) is 0 Å². The quantitative estimate of drug-likeness (QED) is 0.714. The Hall–Kier alpha value is -3.08. The van der Waals surface area contributed by atoms with Gasteiger partial charge in [0.2, 0.25) is 6.79 Å². The van der Waals surface area contributed by atoms with E-state index >= 15 is 0 Å². The maximum atomic E-state index is 13.0. The van der Waals surface area contributed by atoms with Gasteiger partial charge in [0.05, 0.1) is 12.1 Å². The van der Waals surface area contributed by atoms with Crippen LogP contribution in [-0.2, 0) is 6.42 Å². The van der Waals surface area contributed by atoms with Crippen LogP contribution in [0.3, 0.4) is 0 Å². The summed E-state index contributed by atoms with van der Waals surface area (Å²) in [5, 5.41) is 1.10. The Labute approximate surface area is 157 Å². The number of hydrogen-bond acceptors (Lipinski definition) is 4. The molecule has 0 bridgehead atoms. The smallest absolute Gasteiger partial charge is 0.231 e. The minimum absolute atomic E-state index is 0.0828. The first-order valence-corrected chi connectivity index (χ1v) is 9.18. The van der Waals surface area contributed by atoms with E-state index < -0.39 is 0 Å². The second-order valence-corrected chi connectivity index (χ2v) is 7.18. The summed E-state index contributed by atoms with van der Waals surface area (Å²) in [5.41, 5.74) is 7.12. The highest BCUT2D eigenvalue weighted by atomic mass is 16.7. The molecule has 0 unspecified atom stereocenters. The van der Waals surface area contributed by atoms with Gasteiger partial charge in [-0.05, 0) is 61.7 Å². The van der Waals surface area contributed by atoms with Crippen molar-refractivity contribution in [2.45, 2.75) is 26.7 Å². The molecule has 0 spiro atoms. The van der Waals surface area contributed by atoms with Crippen LogP contribution in [0.25, 0.3) is 10.9 Å². The number of H-pyrrole nitrogens is 1. The standard InChI is InChI=1S/C22H20N2O3/c1-12-13(2)24-18-4-3-15(7-16(12)18)20(25)10-19-17-9-22-21(26-11-27-22)8-14(17)5-6-23-19/h3-4,7-9,24H,5-6,10-11H2,1-2H3. The molecule has 2 aliphatic heterocycles. The number of ether oxygens (including phenoxy) is 2. The molecule has 0 atom stereocenters. The number of aromatic nitrogens is 1. The van der Waals surface area contributed by atoms with E-state index in [2.05, 4.69) is 23.8 Å². The molecule has 0 saturated heterocycles. The molecule has 27 heavy (non-hydrogen) atoms. The van der Waals surface area contributed by atoms with Crippen LogP contribution in [0, 0.1) is 13.8 Å². The first kappa shape index (κ1) is 16.1. The molecule has 5 nitrogen and oxygen atoms in total. The summed E-state index contributed by atoms with van der Waals surface area (Å²) in [7, 11) is 0. The van der Waals surface area contributed by atoms with Crippen molar-refractivity contribution in [1.29, 1.82) is 0 Å². The fourth-order valence-electron chi connectivity index (χ4n) is 3.90. The zero-order chi connectivity index (χ0) is 18.5. The van der Waals surface area contributed by atoms with Gasteiger partial charge in [-0.15, -0.1) is 0 Å². The van der Waals surface area contributed by atoms with Gasteiger partial charge in [0.25, 0.3) is 0 Å². The molecule has 2 aromatic carbocycles. The molecular weight excluding hydrogens is 340 g/mol. The lowest BCUT2D eigenvalue weighted by Crippen LogP contribution is -2.17. The summed E-state index contributed by atoms with van der Waals surface area (Å²) >= 11 is 0. The molecule has 5 rings (SSSR count). The number of Topliss-reactive ketones (excluding diaryl/α,β-unsaturated/α-hetero) is 1. The fourth-order valence-corrected chi connectivity index (χ4v) is 3.90. The van der Waals surface area contributed by atoms with Crippen molar-refractivity contribution in [3.8, 4) is 11.5 Å². The number of nitrogens with zero attached hydrogens (tertiary/aromatic N) is 1. The van der Waals surface area contributed by atoms with Crippen molar-refractivity contribution in [2.75, 3.05) is 13.3 Å². The van der Waals surface area contributed by atoms with Crippen LogP contribution < -0.4 is 9.47 Å². The number of rotatable bonds is 3. The minimum atomic E-state index is 0.0828. The molecule has 0 aliphatic carbocycles. The molecule has 5 heteroatoms. The number of aromatic amines is 1. The molecule has 3 aromatic rings. The fraction of sp³-hybridized carbons (Fsp3) is 0.273. The van der Waals surface area contributed by atoms with E-state index in [9.17, 15) is 4.79 Å².